The molecule has 0 aromatic carbocycles. The van der Waals surface area contributed by atoms with Gasteiger partial charge in [0.05, 0.1) is 0 Å². The van der Waals surface area contributed by atoms with Crippen LogP contribution in [-0.2, 0) is 4.79 Å². The Bertz CT molecular complexity index is 334. The number of rotatable bonds is 10. The maximum atomic E-state index is 10.8. The van der Waals surface area contributed by atoms with E-state index >= 15 is 0 Å². The molecule has 0 fully saturated rings. The number of thiol groups is 1. The van der Waals surface area contributed by atoms with Gasteiger partial charge in [0.25, 0.3) is 0 Å². The first-order valence-electron chi connectivity index (χ1n) is 7.96. The Kier molecular flexibility index (Phi) is 16.4. The molecule has 0 aromatic heterocycles. The van der Waals surface area contributed by atoms with Gasteiger partial charge in [-0.2, -0.15) is 12.6 Å². The van der Waals surface area contributed by atoms with Gasteiger partial charge in [-0.3, -0.25) is 4.79 Å². The minimum absolute atomic E-state index is 0.205. The Labute approximate surface area is 137 Å². The monoisotopic (exact) mass is 311 g/mol. The highest BCUT2D eigenvalue weighted by molar-refractivity contribution is 7.81. The predicted molar refractivity (Wildman–Crippen MR) is 98.7 cm³/mol. The molecule has 2 N–H and O–H groups in total. The van der Waals surface area contributed by atoms with Crippen LogP contribution in [0.25, 0.3) is 0 Å². The van der Waals surface area contributed by atoms with Gasteiger partial charge in [-0.25, -0.2) is 0 Å². The van der Waals surface area contributed by atoms with Crippen LogP contribution in [0.5, 0.6) is 0 Å². The van der Waals surface area contributed by atoms with Crippen LogP contribution in [0.3, 0.4) is 0 Å². The highest BCUT2D eigenvalue weighted by atomic mass is 32.1. The quantitative estimate of drug-likeness (QED) is 0.429. The highest BCUT2D eigenvalue weighted by Crippen LogP contribution is 2.23. The Balaban J connectivity index is 0. The third-order valence-electron chi connectivity index (χ3n) is 3.33. The second-order valence-corrected chi connectivity index (χ2v) is 5.39. The van der Waals surface area contributed by atoms with Crippen molar-refractivity contribution in [2.45, 2.75) is 65.0 Å². The van der Waals surface area contributed by atoms with Crippen molar-refractivity contribution in [2.75, 3.05) is 0 Å². The molecule has 0 spiro atoms. The van der Waals surface area contributed by atoms with E-state index in [1.165, 1.54) is 0 Å². The minimum atomic E-state index is -0.208. The molecule has 0 radical (unpaired) electrons. The number of hydrogen-bond donors (Lipinski definition) is 2. The molecule has 0 rings (SSSR count). The SMILES string of the molecule is C=C/C(=C\C=C/C)C(S)CCC(CC)CCC(N)=O.CC. The van der Waals surface area contributed by atoms with Crippen molar-refractivity contribution >= 4 is 18.5 Å². The van der Waals surface area contributed by atoms with Gasteiger partial charge in [-0.05, 0) is 37.7 Å². The minimum Gasteiger partial charge on any atom is -0.370 e. The fourth-order valence-electron chi connectivity index (χ4n) is 1.98. The number of carbonyl (C=O) groups is 1. The van der Waals surface area contributed by atoms with Crippen LogP contribution >= 0.6 is 12.6 Å². The van der Waals surface area contributed by atoms with E-state index in [0.717, 1.165) is 31.3 Å². The highest BCUT2D eigenvalue weighted by Gasteiger charge is 2.12. The van der Waals surface area contributed by atoms with Crippen LogP contribution in [0.4, 0.5) is 0 Å². The summed E-state index contributed by atoms with van der Waals surface area (Å²) in [7, 11) is 0. The number of carbonyl (C=O) groups excluding carboxylic acids is 1. The topological polar surface area (TPSA) is 43.1 Å². The number of nitrogens with two attached hydrogens (primary N) is 1. The summed E-state index contributed by atoms with van der Waals surface area (Å²) in [5.74, 6) is 0.343. The van der Waals surface area contributed by atoms with Crippen LogP contribution in [0, 0.1) is 5.92 Å². The molecule has 0 saturated carbocycles. The van der Waals surface area contributed by atoms with Crippen molar-refractivity contribution in [3.8, 4) is 0 Å². The lowest BCUT2D eigenvalue weighted by Crippen LogP contribution is -2.13. The van der Waals surface area contributed by atoms with Crippen LogP contribution in [0.1, 0.15) is 59.8 Å². The predicted octanol–water partition coefficient (Wildman–Crippen LogP) is 5.07. The largest absolute Gasteiger partial charge is 0.370 e. The molecule has 0 aliphatic heterocycles. The summed E-state index contributed by atoms with van der Waals surface area (Å²) in [6.07, 6.45) is 12.4. The smallest absolute Gasteiger partial charge is 0.217 e. The molecule has 0 aliphatic rings. The summed E-state index contributed by atoms with van der Waals surface area (Å²) >= 11 is 4.64. The van der Waals surface area contributed by atoms with Crippen molar-refractivity contribution in [3.63, 3.8) is 0 Å². The third kappa shape index (κ3) is 12.5. The molecule has 0 heterocycles. The maximum Gasteiger partial charge on any atom is 0.217 e. The van der Waals surface area contributed by atoms with E-state index in [-0.39, 0.29) is 11.2 Å². The normalized spacial score (nSPS) is 14.2. The van der Waals surface area contributed by atoms with Crippen LogP contribution in [-0.4, -0.2) is 11.2 Å². The first-order chi connectivity index (χ1) is 10.0. The van der Waals surface area contributed by atoms with Crippen LogP contribution < -0.4 is 5.73 Å². The van der Waals surface area contributed by atoms with E-state index in [1.807, 2.05) is 39.0 Å². The molecule has 21 heavy (non-hydrogen) atoms. The molecule has 2 nitrogen and oxygen atoms in total. The summed E-state index contributed by atoms with van der Waals surface area (Å²) in [4.78, 5) is 10.8. The summed E-state index contributed by atoms with van der Waals surface area (Å²) in [5, 5.41) is 0.205. The van der Waals surface area contributed by atoms with Gasteiger partial charge < -0.3 is 5.73 Å². The molecular weight excluding hydrogens is 278 g/mol. The van der Waals surface area contributed by atoms with Crippen LogP contribution in [0.15, 0.2) is 36.5 Å². The number of allylic oxidation sites excluding steroid dienone is 4. The lowest BCUT2D eigenvalue weighted by atomic mass is 9.92. The first kappa shape index (κ1) is 22.3. The van der Waals surface area contributed by atoms with Crippen molar-refractivity contribution in [2.24, 2.45) is 11.7 Å². The van der Waals surface area contributed by atoms with Crippen molar-refractivity contribution in [1.82, 2.24) is 0 Å². The van der Waals surface area contributed by atoms with E-state index in [4.69, 9.17) is 5.73 Å². The number of hydrogen-bond acceptors (Lipinski definition) is 2. The average Bonchev–Trinajstić information content (AvgIpc) is 2.50. The van der Waals surface area contributed by atoms with Gasteiger partial charge >= 0.3 is 0 Å². The summed E-state index contributed by atoms with van der Waals surface area (Å²) < 4.78 is 0. The molecule has 2 atom stereocenters. The Hall–Kier alpha value is -0.960. The van der Waals surface area contributed by atoms with Gasteiger partial charge in [0, 0.05) is 11.7 Å². The number of amides is 1. The van der Waals surface area contributed by atoms with Crippen LogP contribution in [0.2, 0.25) is 0 Å². The third-order valence-corrected chi connectivity index (χ3v) is 3.88. The molecule has 0 aromatic rings. The molecular formula is C18H33NOS. The average molecular weight is 312 g/mol. The maximum absolute atomic E-state index is 10.8. The molecule has 1 amide bonds. The fourth-order valence-corrected chi connectivity index (χ4v) is 2.32. The van der Waals surface area contributed by atoms with Gasteiger partial charge in [0.15, 0.2) is 0 Å². The van der Waals surface area contributed by atoms with Crippen molar-refractivity contribution in [3.05, 3.63) is 36.5 Å². The second kappa shape index (κ2) is 15.4. The van der Waals surface area contributed by atoms with E-state index in [1.54, 1.807) is 0 Å². The fraction of sp³-hybridized carbons (Fsp3) is 0.611. The summed E-state index contributed by atoms with van der Waals surface area (Å²) in [5.41, 5.74) is 6.34. The van der Waals surface area contributed by atoms with Gasteiger partial charge in [0.1, 0.15) is 0 Å². The van der Waals surface area contributed by atoms with E-state index < -0.39 is 0 Å². The molecule has 0 aliphatic carbocycles. The van der Waals surface area contributed by atoms with Gasteiger partial charge in [0.2, 0.25) is 5.91 Å². The van der Waals surface area contributed by atoms with E-state index in [9.17, 15) is 4.79 Å². The lowest BCUT2D eigenvalue weighted by Gasteiger charge is -2.17. The zero-order valence-electron chi connectivity index (χ0n) is 14.1. The number of primary amides is 1. The van der Waals surface area contributed by atoms with Crippen molar-refractivity contribution in [1.29, 1.82) is 0 Å². The zero-order valence-corrected chi connectivity index (χ0v) is 15.0. The van der Waals surface area contributed by atoms with Gasteiger partial charge in [-0.15, -0.1) is 0 Å². The summed E-state index contributed by atoms with van der Waals surface area (Å²) in [6, 6.07) is 0. The first-order valence-corrected chi connectivity index (χ1v) is 8.48. The molecule has 122 valence electrons. The Morgan fingerprint density at radius 3 is 2.33 bits per heavy atom. The zero-order chi connectivity index (χ0) is 16.7. The lowest BCUT2D eigenvalue weighted by molar-refractivity contribution is -0.118. The standard InChI is InChI=1S/C16H27NOS.C2H6/c1-4-7-8-14(6-3)15(19)11-9-13(5-2)10-12-16(17)18;1-2/h4,6-8,13,15,19H,3,5,9-12H2,1-2H3,(H2,17,18);1-2H3/b7-4-,14-8+;. The van der Waals surface area contributed by atoms with E-state index in [0.29, 0.717) is 12.3 Å². The second-order valence-electron chi connectivity index (χ2n) is 4.77. The van der Waals surface area contributed by atoms with Gasteiger partial charge in [-0.1, -0.05) is 58.1 Å². The molecule has 0 saturated heterocycles. The van der Waals surface area contributed by atoms with E-state index in [2.05, 4.69) is 32.2 Å². The molecule has 0 bridgehead atoms. The summed E-state index contributed by atoms with van der Waals surface area (Å²) in [6.45, 7) is 12.0. The molecule has 2 unspecified atom stereocenters. The Morgan fingerprint density at radius 2 is 1.90 bits per heavy atom. The Morgan fingerprint density at radius 1 is 1.29 bits per heavy atom. The molecule has 3 heteroatoms. The van der Waals surface area contributed by atoms with Crippen molar-refractivity contribution < 1.29 is 4.79 Å².